The molecule has 126 valence electrons. The predicted octanol–water partition coefficient (Wildman–Crippen LogP) is 2.97. The van der Waals surface area contributed by atoms with Gasteiger partial charge in [-0.1, -0.05) is 6.92 Å². The smallest absolute Gasteiger partial charge is 0.255 e. The van der Waals surface area contributed by atoms with Crippen LogP contribution in [-0.2, 0) is 0 Å². The van der Waals surface area contributed by atoms with Gasteiger partial charge < -0.3 is 9.80 Å². The number of piperazine rings is 1. The molecule has 4 nitrogen and oxygen atoms in total. The number of aryl methyl sites for hydroxylation is 1. The zero-order valence-electron chi connectivity index (χ0n) is 14.1. The number of rotatable bonds is 3. The molecule has 0 aliphatic carbocycles. The maximum Gasteiger partial charge on any atom is 0.255 e. The van der Waals surface area contributed by atoms with E-state index >= 15 is 0 Å². The predicted molar refractivity (Wildman–Crippen MR) is 92.4 cm³/mol. The van der Waals surface area contributed by atoms with Crippen LogP contribution in [0.2, 0.25) is 0 Å². The molecule has 5 heteroatoms. The van der Waals surface area contributed by atoms with E-state index in [1.807, 2.05) is 24.0 Å². The number of hydrogen-bond acceptors (Lipinski definition) is 3. The molecule has 2 heterocycles. The zero-order chi connectivity index (χ0) is 17.1. The molecule has 1 fully saturated rings. The Labute approximate surface area is 141 Å². The summed E-state index contributed by atoms with van der Waals surface area (Å²) in [6, 6.07) is 9.88. The van der Waals surface area contributed by atoms with E-state index in [4.69, 9.17) is 0 Å². The third-order valence-corrected chi connectivity index (χ3v) is 4.56. The van der Waals surface area contributed by atoms with E-state index in [0.717, 1.165) is 44.0 Å². The standard InChI is InChI=1S/C19H22FN3O/c1-3-22-10-12-23(13-11-22)19(24)17-8-9-18(21-14(17)2)15-4-6-16(20)7-5-15/h4-9H,3,10-13H2,1-2H3. The van der Waals surface area contributed by atoms with Crippen LogP contribution in [0.3, 0.4) is 0 Å². The fraction of sp³-hybridized carbons (Fsp3) is 0.368. The minimum absolute atomic E-state index is 0.0430. The highest BCUT2D eigenvalue weighted by atomic mass is 19.1. The highest BCUT2D eigenvalue weighted by Gasteiger charge is 2.23. The minimum atomic E-state index is -0.270. The summed E-state index contributed by atoms with van der Waals surface area (Å²) < 4.78 is 13.0. The van der Waals surface area contributed by atoms with Gasteiger partial charge in [0.2, 0.25) is 0 Å². The van der Waals surface area contributed by atoms with Crippen molar-refractivity contribution in [2.75, 3.05) is 32.7 Å². The molecule has 1 aromatic carbocycles. The summed E-state index contributed by atoms with van der Waals surface area (Å²) in [7, 11) is 0. The second-order valence-corrected chi connectivity index (χ2v) is 6.06. The van der Waals surface area contributed by atoms with Crippen LogP contribution >= 0.6 is 0 Å². The molecule has 1 aromatic heterocycles. The Balaban J connectivity index is 1.77. The van der Waals surface area contributed by atoms with Gasteiger partial charge in [-0.3, -0.25) is 9.78 Å². The Kier molecular flexibility index (Phi) is 4.90. The highest BCUT2D eigenvalue weighted by Crippen LogP contribution is 2.20. The lowest BCUT2D eigenvalue weighted by molar-refractivity contribution is 0.0642. The number of likely N-dealkylation sites (N-methyl/N-ethyl adjacent to an activating group) is 1. The summed E-state index contributed by atoms with van der Waals surface area (Å²) in [4.78, 5) is 21.5. The molecule has 0 atom stereocenters. The topological polar surface area (TPSA) is 36.4 Å². The van der Waals surface area contributed by atoms with Crippen molar-refractivity contribution in [1.82, 2.24) is 14.8 Å². The molecule has 1 saturated heterocycles. The lowest BCUT2D eigenvalue weighted by Gasteiger charge is -2.34. The van der Waals surface area contributed by atoms with E-state index < -0.39 is 0 Å². The Morgan fingerprint density at radius 2 is 1.75 bits per heavy atom. The first-order chi connectivity index (χ1) is 11.6. The fourth-order valence-corrected chi connectivity index (χ4v) is 3.01. The van der Waals surface area contributed by atoms with Crippen LogP contribution in [0.5, 0.6) is 0 Å². The van der Waals surface area contributed by atoms with Gasteiger partial charge in [-0.25, -0.2) is 4.39 Å². The van der Waals surface area contributed by atoms with Gasteiger partial charge >= 0.3 is 0 Å². The first-order valence-corrected chi connectivity index (χ1v) is 8.33. The van der Waals surface area contributed by atoms with Crippen LogP contribution in [0.15, 0.2) is 36.4 Å². The summed E-state index contributed by atoms with van der Waals surface area (Å²) in [6.45, 7) is 8.36. The maximum atomic E-state index is 13.0. The van der Waals surface area contributed by atoms with Gasteiger partial charge in [0.05, 0.1) is 17.0 Å². The number of amides is 1. The second kappa shape index (κ2) is 7.09. The number of aromatic nitrogens is 1. The fourth-order valence-electron chi connectivity index (χ4n) is 3.01. The van der Waals surface area contributed by atoms with Crippen molar-refractivity contribution in [3.8, 4) is 11.3 Å². The van der Waals surface area contributed by atoms with Crippen molar-refractivity contribution < 1.29 is 9.18 Å². The van der Waals surface area contributed by atoms with Crippen molar-refractivity contribution >= 4 is 5.91 Å². The van der Waals surface area contributed by atoms with Crippen molar-refractivity contribution in [2.24, 2.45) is 0 Å². The third-order valence-electron chi connectivity index (χ3n) is 4.56. The van der Waals surface area contributed by atoms with Crippen LogP contribution in [0, 0.1) is 12.7 Å². The maximum absolute atomic E-state index is 13.0. The Bertz CT molecular complexity index is 722. The molecule has 0 saturated carbocycles. The summed E-state index contributed by atoms with van der Waals surface area (Å²) in [5.74, 6) is -0.227. The van der Waals surface area contributed by atoms with E-state index in [-0.39, 0.29) is 11.7 Å². The Morgan fingerprint density at radius 3 is 2.33 bits per heavy atom. The van der Waals surface area contributed by atoms with E-state index in [1.165, 1.54) is 12.1 Å². The summed E-state index contributed by atoms with van der Waals surface area (Å²) >= 11 is 0. The molecule has 0 bridgehead atoms. The first kappa shape index (κ1) is 16.6. The molecule has 2 aromatic rings. The molecule has 0 N–H and O–H groups in total. The normalized spacial score (nSPS) is 15.5. The summed E-state index contributed by atoms with van der Waals surface area (Å²) in [6.07, 6.45) is 0. The number of halogens is 1. The second-order valence-electron chi connectivity index (χ2n) is 6.06. The van der Waals surface area contributed by atoms with E-state index in [0.29, 0.717) is 11.3 Å². The van der Waals surface area contributed by atoms with Crippen LogP contribution in [-0.4, -0.2) is 53.4 Å². The highest BCUT2D eigenvalue weighted by molar-refractivity contribution is 5.95. The van der Waals surface area contributed by atoms with Crippen LogP contribution in [0.25, 0.3) is 11.3 Å². The molecular formula is C19H22FN3O. The number of carbonyl (C=O) groups excluding carboxylic acids is 1. The molecule has 0 radical (unpaired) electrons. The third kappa shape index (κ3) is 3.46. The van der Waals surface area contributed by atoms with Gasteiger partial charge in [0.25, 0.3) is 5.91 Å². The number of pyridine rings is 1. The molecule has 1 aliphatic rings. The summed E-state index contributed by atoms with van der Waals surface area (Å²) in [5, 5.41) is 0. The van der Waals surface area contributed by atoms with Gasteiger partial charge in [0, 0.05) is 31.7 Å². The molecule has 0 unspecified atom stereocenters. The largest absolute Gasteiger partial charge is 0.336 e. The lowest BCUT2D eigenvalue weighted by Crippen LogP contribution is -2.48. The van der Waals surface area contributed by atoms with Crippen LogP contribution in [0.1, 0.15) is 23.0 Å². The molecular weight excluding hydrogens is 305 g/mol. The van der Waals surface area contributed by atoms with Gasteiger partial charge in [-0.05, 0) is 49.9 Å². The number of hydrogen-bond donors (Lipinski definition) is 0. The zero-order valence-corrected chi connectivity index (χ0v) is 14.1. The molecule has 3 rings (SSSR count). The van der Waals surface area contributed by atoms with Crippen molar-refractivity contribution in [1.29, 1.82) is 0 Å². The number of carbonyl (C=O) groups is 1. The van der Waals surface area contributed by atoms with Gasteiger partial charge in [0.15, 0.2) is 0 Å². The molecule has 24 heavy (non-hydrogen) atoms. The number of nitrogens with zero attached hydrogens (tertiary/aromatic N) is 3. The van der Waals surface area contributed by atoms with E-state index in [1.54, 1.807) is 12.1 Å². The Hall–Kier alpha value is -2.27. The molecule has 0 spiro atoms. The average Bonchev–Trinajstić information content (AvgIpc) is 2.62. The monoisotopic (exact) mass is 327 g/mol. The molecule has 1 aliphatic heterocycles. The Morgan fingerprint density at radius 1 is 1.08 bits per heavy atom. The first-order valence-electron chi connectivity index (χ1n) is 8.33. The average molecular weight is 327 g/mol. The van der Waals surface area contributed by atoms with Crippen LogP contribution < -0.4 is 0 Å². The van der Waals surface area contributed by atoms with E-state index in [2.05, 4.69) is 16.8 Å². The SMILES string of the molecule is CCN1CCN(C(=O)c2ccc(-c3ccc(F)cc3)nc2C)CC1. The van der Waals surface area contributed by atoms with Crippen LogP contribution in [0.4, 0.5) is 4.39 Å². The van der Waals surface area contributed by atoms with Gasteiger partial charge in [-0.15, -0.1) is 0 Å². The molecule has 1 amide bonds. The lowest BCUT2D eigenvalue weighted by atomic mass is 10.1. The van der Waals surface area contributed by atoms with Gasteiger partial charge in [0.1, 0.15) is 5.82 Å². The van der Waals surface area contributed by atoms with Crippen molar-refractivity contribution in [3.63, 3.8) is 0 Å². The van der Waals surface area contributed by atoms with Gasteiger partial charge in [-0.2, -0.15) is 0 Å². The van der Waals surface area contributed by atoms with Crippen molar-refractivity contribution in [3.05, 3.63) is 53.5 Å². The summed E-state index contributed by atoms with van der Waals surface area (Å²) in [5.41, 5.74) is 2.94. The minimum Gasteiger partial charge on any atom is -0.336 e. The number of benzene rings is 1. The van der Waals surface area contributed by atoms with Crippen molar-refractivity contribution in [2.45, 2.75) is 13.8 Å². The quantitative estimate of drug-likeness (QED) is 0.869. The van der Waals surface area contributed by atoms with E-state index in [9.17, 15) is 9.18 Å².